The molecule has 0 saturated heterocycles. The largest absolute Gasteiger partial charge is 0.326 e. The average Bonchev–Trinajstić information content (AvgIpc) is 2.88. The highest BCUT2D eigenvalue weighted by Crippen LogP contribution is 2.54. The topological polar surface area (TPSA) is 70.7 Å². The number of hydrogen-bond acceptors (Lipinski definition) is 3. The predicted octanol–water partition coefficient (Wildman–Crippen LogP) is 2.76. The van der Waals surface area contributed by atoms with E-state index >= 15 is 0 Å². The third kappa shape index (κ3) is 2.44. The number of H-pyrrole nitrogens is 1. The van der Waals surface area contributed by atoms with E-state index in [4.69, 9.17) is 0 Å². The molecule has 1 aromatic heterocycles. The molecule has 2 unspecified atom stereocenters. The summed E-state index contributed by atoms with van der Waals surface area (Å²) in [6.07, 6.45) is 3.47. The molecule has 1 aromatic carbocycles. The summed E-state index contributed by atoms with van der Waals surface area (Å²) in [7, 11) is 0. The monoisotopic (exact) mass is 282 g/mol. The summed E-state index contributed by atoms with van der Waals surface area (Å²) in [5.74, 6) is 3.44. The smallest absolute Gasteiger partial charge is 0.227 e. The Hall–Kier alpha value is -2.17. The van der Waals surface area contributed by atoms with Gasteiger partial charge >= 0.3 is 0 Å². The van der Waals surface area contributed by atoms with Crippen LogP contribution < -0.4 is 5.32 Å². The number of carbonyl (C=O) groups is 1. The number of aryl methyl sites for hydroxylation is 1. The summed E-state index contributed by atoms with van der Waals surface area (Å²) in [4.78, 5) is 16.6. The second kappa shape index (κ2) is 4.69. The van der Waals surface area contributed by atoms with Crippen molar-refractivity contribution in [1.29, 1.82) is 0 Å². The van der Waals surface area contributed by atoms with Gasteiger partial charge < -0.3 is 5.32 Å². The fraction of sp³-hybridized carbons (Fsp3) is 0.438. The lowest BCUT2D eigenvalue weighted by Crippen LogP contribution is -2.21. The van der Waals surface area contributed by atoms with Crippen LogP contribution in [0.2, 0.25) is 0 Å². The molecule has 1 heterocycles. The number of rotatable bonds is 3. The number of carbonyl (C=O) groups excluding carboxylic acids is 1. The Labute approximate surface area is 123 Å². The van der Waals surface area contributed by atoms with Crippen LogP contribution in [-0.2, 0) is 4.79 Å². The number of nitrogens with one attached hydrogen (secondary N) is 2. The second-order valence-corrected chi connectivity index (χ2v) is 6.24. The van der Waals surface area contributed by atoms with Crippen LogP contribution in [0, 0.1) is 24.7 Å². The summed E-state index contributed by atoms with van der Waals surface area (Å²) in [5.41, 5.74) is 1.73. The van der Waals surface area contributed by atoms with Gasteiger partial charge in [-0.15, -0.1) is 0 Å². The zero-order valence-electron chi connectivity index (χ0n) is 12.0. The highest BCUT2D eigenvalue weighted by atomic mass is 16.1. The molecule has 0 aliphatic heterocycles. The van der Waals surface area contributed by atoms with Crippen molar-refractivity contribution < 1.29 is 4.79 Å². The molecule has 2 atom stereocenters. The number of anilines is 1. The summed E-state index contributed by atoms with van der Waals surface area (Å²) in [5, 5.41) is 10.0. The van der Waals surface area contributed by atoms with Crippen LogP contribution in [0.3, 0.4) is 0 Å². The molecule has 0 bridgehead atoms. The van der Waals surface area contributed by atoms with E-state index in [0.717, 1.165) is 41.8 Å². The van der Waals surface area contributed by atoms with E-state index in [9.17, 15) is 4.79 Å². The van der Waals surface area contributed by atoms with Gasteiger partial charge in [0.25, 0.3) is 0 Å². The number of hydrogen-bond donors (Lipinski definition) is 2. The molecule has 2 saturated carbocycles. The van der Waals surface area contributed by atoms with Crippen molar-refractivity contribution in [2.75, 3.05) is 5.32 Å². The molecule has 0 spiro atoms. The molecule has 2 N–H and O–H groups in total. The van der Waals surface area contributed by atoms with E-state index in [-0.39, 0.29) is 11.8 Å². The number of fused-ring (bicyclic) bond motifs is 1. The fourth-order valence-corrected chi connectivity index (χ4v) is 3.38. The molecule has 4 rings (SSSR count). The summed E-state index contributed by atoms with van der Waals surface area (Å²) < 4.78 is 0. The van der Waals surface area contributed by atoms with E-state index in [1.165, 1.54) is 6.42 Å². The van der Waals surface area contributed by atoms with Crippen LogP contribution in [0.5, 0.6) is 0 Å². The molecule has 108 valence electrons. The molecule has 2 fully saturated rings. The van der Waals surface area contributed by atoms with Crippen LogP contribution in [0.25, 0.3) is 11.4 Å². The molecule has 2 aromatic rings. The second-order valence-electron chi connectivity index (χ2n) is 6.24. The molecule has 0 radical (unpaired) electrons. The summed E-state index contributed by atoms with van der Waals surface area (Å²) in [6, 6.07) is 7.71. The molecule has 1 amide bonds. The summed E-state index contributed by atoms with van der Waals surface area (Å²) >= 11 is 0. The number of amides is 1. The highest BCUT2D eigenvalue weighted by Gasteiger charge is 2.47. The maximum absolute atomic E-state index is 12.3. The van der Waals surface area contributed by atoms with Crippen LogP contribution in [-0.4, -0.2) is 21.1 Å². The SMILES string of the molecule is Cc1nc(-c2cccc(NC(=O)C3CC4CC4C3)c2)n[nH]1. The van der Waals surface area contributed by atoms with Crippen molar-refractivity contribution in [2.24, 2.45) is 17.8 Å². The standard InChI is InChI=1S/C16H18N4O/c1-9-17-15(20-19-9)10-3-2-4-14(8-10)18-16(21)13-6-11-5-12(11)7-13/h2-4,8,11-13H,5-7H2,1H3,(H,18,21)(H,17,19,20). The van der Waals surface area contributed by atoms with E-state index in [2.05, 4.69) is 20.5 Å². The highest BCUT2D eigenvalue weighted by molar-refractivity contribution is 5.93. The van der Waals surface area contributed by atoms with E-state index in [0.29, 0.717) is 5.82 Å². The van der Waals surface area contributed by atoms with Crippen molar-refractivity contribution >= 4 is 11.6 Å². The first-order valence-electron chi connectivity index (χ1n) is 7.49. The molecule has 5 nitrogen and oxygen atoms in total. The quantitative estimate of drug-likeness (QED) is 0.909. The minimum absolute atomic E-state index is 0.158. The van der Waals surface area contributed by atoms with Gasteiger partial charge in [0, 0.05) is 17.2 Å². The van der Waals surface area contributed by atoms with Crippen LogP contribution in [0.15, 0.2) is 24.3 Å². The molecular formula is C16H18N4O. The first-order valence-corrected chi connectivity index (χ1v) is 7.49. The van der Waals surface area contributed by atoms with E-state index in [1.807, 2.05) is 31.2 Å². The Bertz CT molecular complexity index is 683. The van der Waals surface area contributed by atoms with Gasteiger partial charge in [-0.05, 0) is 50.2 Å². The number of aromatic amines is 1. The van der Waals surface area contributed by atoms with Crippen molar-refractivity contribution in [3.63, 3.8) is 0 Å². The minimum atomic E-state index is 0.158. The van der Waals surface area contributed by atoms with Gasteiger partial charge in [-0.3, -0.25) is 9.89 Å². The first kappa shape index (κ1) is 12.6. The van der Waals surface area contributed by atoms with Crippen molar-refractivity contribution in [3.05, 3.63) is 30.1 Å². The van der Waals surface area contributed by atoms with E-state index in [1.54, 1.807) is 0 Å². The molecule has 21 heavy (non-hydrogen) atoms. The van der Waals surface area contributed by atoms with Crippen molar-refractivity contribution in [2.45, 2.75) is 26.2 Å². The predicted molar refractivity (Wildman–Crippen MR) is 79.5 cm³/mol. The Kier molecular flexibility index (Phi) is 2.80. The Balaban J connectivity index is 1.49. The molecule has 5 heteroatoms. The zero-order valence-corrected chi connectivity index (χ0v) is 12.0. The van der Waals surface area contributed by atoms with Gasteiger partial charge in [0.15, 0.2) is 5.82 Å². The number of nitrogens with zero attached hydrogens (tertiary/aromatic N) is 2. The van der Waals surface area contributed by atoms with Gasteiger partial charge in [0.2, 0.25) is 5.91 Å². The van der Waals surface area contributed by atoms with Crippen molar-refractivity contribution in [3.8, 4) is 11.4 Å². The first-order chi connectivity index (χ1) is 10.2. The van der Waals surface area contributed by atoms with Gasteiger partial charge in [-0.1, -0.05) is 12.1 Å². The molecule has 2 aliphatic carbocycles. The van der Waals surface area contributed by atoms with Gasteiger partial charge in [0.05, 0.1) is 0 Å². The Morgan fingerprint density at radius 3 is 2.81 bits per heavy atom. The number of aromatic nitrogens is 3. The van der Waals surface area contributed by atoms with Gasteiger partial charge in [-0.25, -0.2) is 4.98 Å². The summed E-state index contributed by atoms with van der Waals surface area (Å²) in [6.45, 7) is 1.87. The Morgan fingerprint density at radius 1 is 1.29 bits per heavy atom. The zero-order chi connectivity index (χ0) is 14.4. The van der Waals surface area contributed by atoms with Crippen LogP contribution >= 0.6 is 0 Å². The van der Waals surface area contributed by atoms with Crippen LogP contribution in [0.1, 0.15) is 25.1 Å². The fourth-order valence-electron chi connectivity index (χ4n) is 3.38. The normalized spacial score (nSPS) is 26.4. The number of benzene rings is 1. The third-order valence-electron chi connectivity index (χ3n) is 4.60. The Morgan fingerprint density at radius 2 is 2.10 bits per heavy atom. The lowest BCUT2D eigenvalue weighted by Gasteiger charge is -2.12. The maximum Gasteiger partial charge on any atom is 0.227 e. The maximum atomic E-state index is 12.3. The van der Waals surface area contributed by atoms with Crippen LogP contribution in [0.4, 0.5) is 5.69 Å². The molecular weight excluding hydrogens is 264 g/mol. The van der Waals surface area contributed by atoms with E-state index < -0.39 is 0 Å². The molecule has 2 aliphatic rings. The average molecular weight is 282 g/mol. The lowest BCUT2D eigenvalue weighted by molar-refractivity contribution is -0.120. The lowest BCUT2D eigenvalue weighted by atomic mass is 10.0. The van der Waals surface area contributed by atoms with Gasteiger partial charge in [-0.2, -0.15) is 5.10 Å². The van der Waals surface area contributed by atoms with Crippen molar-refractivity contribution in [1.82, 2.24) is 15.2 Å². The minimum Gasteiger partial charge on any atom is -0.326 e. The van der Waals surface area contributed by atoms with Gasteiger partial charge in [0.1, 0.15) is 5.82 Å². The third-order valence-corrected chi connectivity index (χ3v) is 4.60.